The van der Waals surface area contributed by atoms with E-state index in [1.807, 2.05) is 0 Å². The van der Waals surface area contributed by atoms with Crippen molar-refractivity contribution in [2.24, 2.45) is 5.92 Å². The molecule has 1 aromatic rings. The zero-order valence-corrected chi connectivity index (χ0v) is 11.2. The first-order valence-electron chi connectivity index (χ1n) is 6.10. The summed E-state index contributed by atoms with van der Waals surface area (Å²) < 4.78 is 5.18. The van der Waals surface area contributed by atoms with Crippen LogP contribution in [0.3, 0.4) is 0 Å². The normalized spacial score (nSPS) is 12.5. The van der Waals surface area contributed by atoms with Crippen molar-refractivity contribution in [3.8, 4) is 5.75 Å². The highest BCUT2D eigenvalue weighted by Gasteiger charge is 2.14. The molecule has 1 atom stereocenters. The van der Waals surface area contributed by atoms with Crippen LogP contribution in [0.15, 0.2) is 6.20 Å². The maximum Gasteiger partial charge on any atom is 0.222 e. The van der Waals surface area contributed by atoms with Crippen molar-refractivity contribution in [3.63, 3.8) is 0 Å². The molecule has 6 heteroatoms. The van der Waals surface area contributed by atoms with Gasteiger partial charge >= 0.3 is 0 Å². The van der Waals surface area contributed by atoms with Gasteiger partial charge in [-0.1, -0.05) is 13.8 Å². The number of rotatable bonds is 7. The Bertz CT molecular complexity index is 371. The Kier molecular flexibility index (Phi) is 5.64. The van der Waals surface area contributed by atoms with Crippen LogP contribution in [0, 0.1) is 5.92 Å². The second-order valence-corrected chi connectivity index (χ2v) is 4.63. The SMILES string of the molecule is COc1cnc(N)nc1N[C@H](CCO)CC(C)C. The van der Waals surface area contributed by atoms with E-state index in [2.05, 4.69) is 29.1 Å². The highest BCUT2D eigenvalue weighted by molar-refractivity contribution is 5.51. The van der Waals surface area contributed by atoms with E-state index in [9.17, 15) is 0 Å². The molecule has 0 spiro atoms. The van der Waals surface area contributed by atoms with Crippen molar-refractivity contribution >= 4 is 11.8 Å². The van der Waals surface area contributed by atoms with Crippen LogP contribution < -0.4 is 15.8 Å². The van der Waals surface area contributed by atoms with Gasteiger partial charge in [0.25, 0.3) is 0 Å². The molecule has 18 heavy (non-hydrogen) atoms. The number of nitrogens with zero attached hydrogens (tertiary/aromatic N) is 2. The smallest absolute Gasteiger partial charge is 0.222 e. The predicted octanol–water partition coefficient (Wildman–Crippen LogP) is 1.28. The summed E-state index contributed by atoms with van der Waals surface area (Å²) in [6, 6.07) is 0.137. The first-order chi connectivity index (χ1) is 8.56. The van der Waals surface area contributed by atoms with Crippen LogP contribution in [-0.2, 0) is 0 Å². The Morgan fingerprint density at radius 3 is 2.78 bits per heavy atom. The molecule has 1 heterocycles. The average molecular weight is 254 g/mol. The second-order valence-electron chi connectivity index (χ2n) is 4.63. The van der Waals surface area contributed by atoms with Crippen LogP contribution in [-0.4, -0.2) is 34.8 Å². The van der Waals surface area contributed by atoms with Gasteiger partial charge in [0.15, 0.2) is 11.6 Å². The van der Waals surface area contributed by atoms with Gasteiger partial charge in [-0.3, -0.25) is 0 Å². The standard InChI is InChI=1S/C12H22N4O2/c1-8(2)6-9(4-5-17)15-11-10(18-3)7-14-12(13)16-11/h7-9,17H,4-6H2,1-3H3,(H3,13,14,15,16)/t9-/m1/s1. The molecule has 0 fully saturated rings. The number of nitrogens with one attached hydrogen (secondary N) is 1. The average Bonchev–Trinajstić information content (AvgIpc) is 2.28. The predicted molar refractivity (Wildman–Crippen MR) is 71.6 cm³/mol. The van der Waals surface area contributed by atoms with Gasteiger partial charge in [-0.2, -0.15) is 4.98 Å². The van der Waals surface area contributed by atoms with Gasteiger partial charge < -0.3 is 20.9 Å². The van der Waals surface area contributed by atoms with Crippen LogP contribution in [0.5, 0.6) is 5.75 Å². The molecule has 0 amide bonds. The number of ether oxygens (including phenoxy) is 1. The third-order valence-corrected chi connectivity index (χ3v) is 2.57. The molecule has 0 bridgehead atoms. The lowest BCUT2D eigenvalue weighted by Crippen LogP contribution is -2.24. The van der Waals surface area contributed by atoms with E-state index in [1.165, 1.54) is 6.20 Å². The molecular weight excluding hydrogens is 232 g/mol. The first-order valence-corrected chi connectivity index (χ1v) is 6.10. The minimum atomic E-state index is 0.132. The number of anilines is 2. The minimum absolute atomic E-state index is 0.132. The van der Waals surface area contributed by atoms with E-state index >= 15 is 0 Å². The summed E-state index contributed by atoms with van der Waals surface area (Å²) in [6.07, 6.45) is 3.13. The molecule has 0 radical (unpaired) electrons. The number of hydrogen-bond donors (Lipinski definition) is 3. The van der Waals surface area contributed by atoms with Crippen LogP contribution in [0.1, 0.15) is 26.7 Å². The van der Waals surface area contributed by atoms with Crippen molar-refractivity contribution in [3.05, 3.63) is 6.20 Å². The molecular formula is C12H22N4O2. The molecule has 0 aliphatic heterocycles. The van der Waals surface area contributed by atoms with Crippen LogP contribution in [0.25, 0.3) is 0 Å². The highest BCUT2D eigenvalue weighted by Crippen LogP contribution is 2.23. The lowest BCUT2D eigenvalue weighted by atomic mass is 10.0. The van der Waals surface area contributed by atoms with Gasteiger partial charge in [0.05, 0.1) is 13.3 Å². The highest BCUT2D eigenvalue weighted by atomic mass is 16.5. The molecule has 0 aromatic carbocycles. The van der Waals surface area contributed by atoms with E-state index in [0.717, 1.165) is 6.42 Å². The van der Waals surface area contributed by atoms with Crippen molar-refractivity contribution in [2.75, 3.05) is 24.8 Å². The van der Waals surface area contributed by atoms with Crippen LogP contribution in [0.4, 0.5) is 11.8 Å². The molecule has 1 aromatic heterocycles. The molecule has 0 aliphatic carbocycles. The van der Waals surface area contributed by atoms with E-state index in [-0.39, 0.29) is 18.6 Å². The topological polar surface area (TPSA) is 93.3 Å². The molecule has 102 valence electrons. The lowest BCUT2D eigenvalue weighted by Gasteiger charge is -2.21. The summed E-state index contributed by atoms with van der Waals surface area (Å²) in [5.74, 6) is 1.85. The molecule has 0 saturated carbocycles. The Morgan fingerprint density at radius 1 is 1.50 bits per heavy atom. The second kappa shape index (κ2) is 7.00. The number of nitrogen functional groups attached to an aromatic ring is 1. The van der Waals surface area contributed by atoms with Gasteiger partial charge in [0.2, 0.25) is 5.95 Å². The van der Waals surface area contributed by atoms with Crippen molar-refractivity contribution in [1.82, 2.24) is 9.97 Å². The zero-order valence-electron chi connectivity index (χ0n) is 11.2. The Hall–Kier alpha value is -1.56. The van der Waals surface area contributed by atoms with E-state index < -0.39 is 0 Å². The fraction of sp³-hybridized carbons (Fsp3) is 0.667. The van der Waals surface area contributed by atoms with Crippen molar-refractivity contribution < 1.29 is 9.84 Å². The molecule has 6 nitrogen and oxygen atoms in total. The van der Waals surface area contributed by atoms with E-state index in [0.29, 0.717) is 23.9 Å². The number of aliphatic hydroxyl groups is 1. The van der Waals surface area contributed by atoms with E-state index in [1.54, 1.807) is 7.11 Å². The summed E-state index contributed by atoms with van der Waals surface area (Å²) in [6.45, 7) is 4.41. The number of nitrogens with two attached hydrogens (primary N) is 1. The third-order valence-electron chi connectivity index (χ3n) is 2.57. The molecule has 4 N–H and O–H groups in total. The summed E-state index contributed by atoms with van der Waals surface area (Å²) in [5, 5.41) is 12.3. The number of aliphatic hydroxyl groups excluding tert-OH is 1. The molecule has 0 unspecified atom stereocenters. The fourth-order valence-corrected chi connectivity index (χ4v) is 1.80. The van der Waals surface area contributed by atoms with Gasteiger partial charge in [-0.05, 0) is 18.8 Å². The summed E-state index contributed by atoms with van der Waals surface area (Å²) in [7, 11) is 1.56. The van der Waals surface area contributed by atoms with Gasteiger partial charge in [0.1, 0.15) is 0 Å². The lowest BCUT2D eigenvalue weighted by molar-refractivity contribution is 0.272. The van der Waals surface area contributed by atoms with Gasteiger partial charge in [0, 0.05) is 12.6 Å². The summed E-state index contributed by atoms with van der Waals surface area (Å²) >= 11 is 0. The van der Waals surface area contributed by atoms with Gasteiger partial charge in [-0.15, -0.1) is 0 Å². The largest absolute Gasteiger partial charge is 0.491 e. The van der Waals surface area contributed by atoms with E-state index in [4.69, 9.17) is 15.6 Å². The monoisotopic (exact) mass is 254 g/mol. The molecule has 0 saturated heterocycles. The number of methoxy groups -OCH3 is 1. The quantitative estimate of drug-likeness (QED) is 0.678. The van der Waals surface area contributed by atoms with Crippen LogP contribution >= 0.6 is 0 Å². The molecule has 1 rings (SSSR count). The fourth-order valence-electron chi connectivity index (χ4n) is 1.80. The third kappa shape index (κ3) is 4.37. The summed E-state index contributed by atoms with van der Waals surface area (Å²) in [4.78, 5) is 8.00. The Balaban J connectivity index is 2.81. The van der Waals surface area contributed by atoms with Crippen LogP contribution in [0.2, 0.25) is 0 Å². The number of hydrogen-bond acceptors (Lipinski definition) is 6. The zero-order chi connectivity index (χ0) is 13.5. The summed E-state index contributed by atoms with van der Waals surface area (Å²) in [5.41, 5.74) is 5.57. The maximum atomic E-state index is 9.08. The maximum absolute atomic E-state index is 9.08. The molecule has 0 aliphatic rings. The van der Waals surface area contributed by atoms with Crippen molar-refractivity contribution in [1.29, 1.82) is 0 Å². The Labute approximate surface area is 108 Å². The first kappa shape index (κ1) is 14.5. The van der Waals surface area contributed by atoms with Crippen molar-refractivity contribution in [2.45, 2.75) is 32.7 Å². The minimum Gasteiger partial charge on any atom is -0.491 e. The van der Waals surface area contributed by atoms with Gasteiger partial charge in [-0.25, -0.2) is 4.98 Å². The Morgan fingerprint density at radius 2 is 2.22 bits per heavy atom. The number of aromatic nitrogens is 2.